The van der Waals surface area contributed by atoms with E-state index < -0.39 is 0 Å². The molecule has 1 aliphatic rings. The summed E-state index contributed by atoms with van der Waals surface area (Å²) in [5, 5.41) is 0. The zero-order chi connectivity index (χ0) is 14.8. The maximum Gasteiger partial charge on any atom is -0.00410 e. The van der Waals surface area contributed by atoms with Crippen molar-refractivity contribution in [3.05, 3.63) is 47.6 Å². The van der Waals surface area contributed by atoms with Gasteiger partial charge in [0.2, 0.25) is 0 Å². The molecule has 1 unspecified atom stereocenters. The van der Waals surface area contributed by atoms with Crippen molar-refractivity contribution in [3.63, 3.8) is 0 Å². The van der Waals surface area contributed by atoms with E-state index in [2.05, 4.69) is 66.9 Å². The van der Waals surface area contributed by atoms with Crippen LogP contribution in [0.25, 0.3) is 0 Å². The molecule has 0 spiro atoms. The summed E-state index contributed by atoms with van der Waals surface area (Å²) >= 11 is 0. The van der Waals surface area contributed by atoms with Crippen LogP contribution in [0.5, 0.6) is 0 Å². The van der Waals surface area contributed by atoms with Crippen LogP contribution in [0.2, 0.25) is 0 Å². The van der Waals surface area contributed by atoms with E-state index >= 15 is 0 Å². The van der Waals surface area contributed by atoms with Crippen molar-refractivity contribution in [1.29, 1.82) is 0 Å². The van der Waals surface area contributed by atoms with Gasteiger partial charge in [0.05, 0.1) is 0 Å². The summed E-state index contributed by atoms with van der Waals surface area (Å²) in [7, 11) is 0. The third-order valence-electron chi connectivity index (χ3n) is 3.98. The van der Waals surface area contributed by atoms with E-state index in [9.17, 15) is 0 Å². The highest BCUT2D eigenvalue weighted by molar-refractivity contribution is 5.52. The van der Waals surface area contributed by atoms with Gasteiger partial charge in [0.1, 0.15) is 0 Å². The normalized spacial score (nSPS) is 21.5. The van der Waals surface area contributed by atoms with Gasteiger partial charge in [-0.25, -0.2) is 0 Å². The summed E-state index contributed by atoms with van der Waals surface area (Å²) < 4.78 is 0. The largest absolute Gasteiger partial charge is 0.0952 e. The number of hydrogen-bond donors (Lipinski definition) is 0. The van der Waals surface area contributed by atoms with Crippen LogP contribution < -0.4 is 0 Å². The maximum absolute atomic E-state index is 4.36. The summed E-state index contributed by atoms with van der Waals surface area (Å²) in [6.07, 6.45) is 6.88. The Hall–Kier alpha value is -1.04. The first kappa shape index (κ1) is 16.0. The van der Waals surface area contributed by atoms with E-state index in [1.807, 2.05) is 0 Å². The lowest BCUT2D eigenvalue weighted by Gasteiger charge is -2.26. The van der Waals surface area contributed by atoms with Crippen LogP contribution in [0, 0.1) is 17.3 Å². The summed E-state index contributed by atoms with van der Waals surface area (Å²) in [6, 6.07) is 0. The maximum atomic E-state index is 4.36. The smallest absolute Gasteiger partial charge is 0.00410 e. The third-order valence-corrected chi connectivity index (χ3v) is 3.98. The summed E-state index contributed by atoms with van der Waals surface area (Å²) in [5.41, 5.74) is 5.45. The van der Waals surface area contributed by atoms with E-state index in [0.717, 1.165) is 12.8 Å². The second-order valence-corrected chi connectivity index (χ2v) is 7.18. The molecule has 1 rings (SSSR count). The second kappa shape index (κ2) is 5.94. The van der Waals surface area contributed by atoms with Gasteiger partial charge in [0, 0.05) is 0 Å². The SMILES string of the molecule is C=C(CC(C)C)C1=CC(C)(C)C(CC=C(C)C)C1=C. The van der Waals surface area contributed by atoms with Gasteiger partial charge in [-0.15, -0.1) is 0 Å². The predicted molar refractivity (Wildman–Crippen MR) is 87.1 cm³/mol. The minimum atomic E-state index is 0.193. The van der Waals surface area contributed by atoms with Crippen LogP contribution in [0.1, 0.15) is 54.4 Å². The van der Waals surface area contributed by atoms with Gasteiger partial charge in [-0.1, -0.05) is 58.6 Å². The first-order valence-corrected chi connectivity index (χ1v) is 7.38. The summed E-state index contributed by atoms with van der Waals surface area (Å²) in [6.45, 7) is 22.1. The van der Waals surface area contributed by atoms with Crippen LogP contribution in [0.3, 0.4) is 0 Å². The van der Waals surface area contributed by atoms with Crippen LogP contribution >= 0.6 is 0 Å². The van der Waals surface area contributed by atoms with Crippen molar-refractivity contribution >= 4 is 0 Å². The zero-order valence-corrected chi connectivity index (χ0v) is 13.6. The molecule has 0 aromatic rings. The van der Waals surface area contributed by atoms with E-state index in [1.165, 1.54) is 22.3 Å². The lowest BCUT2D eigenvalue weighted by atomic mass is 9.78. The Morgan fingerprint density at radius 2 is 1.95 bits per heavy atom. The quantitative estimate of drug-likeness (QED) is 0.524. The van der Waals surface area contributed by atoms with Gasteiger partial charge in [-0.05, 0) is 60.7 Å². The third kappa shape index (κ3) is 3.96. The average molecular weight is 258 g/mol. The molecule has 0 aromatic heterocycles. The monoisotopic (exact) mass is 258 g/mol. The Morgan fingerprint density at radius 3 is 2.42 bits per heavy atom. The molecule has 19 heavy (non-hydrogen) atoms. The second-order valence-electron chi connectivity index (χ2n) is 7.18. The fourth-order valence-electron chi connectivity index (χ4n) is 2.93. The van der Waals surface area contributed by atoms with Gasteiger partial charge in [0.15, 0.2) is 0 Å². The molecule has 106 valence electrons. The molecular weight excluding hydrogens is 228 g/mol. The molecule has 0 heterocycles. The fraction of sp³-hybridized carbons (Fsp3) is 0.579. The zero-order valence-electron chi connectivity index (χ0n) is 13.6. The Bertz CT molecular complexity index is 423. The molecule has 0 fully saturated rings. The number of allylic oxidation sites excluding steroid dienone is 6. The minimum Gasteiger partial charge on any atom is -0.0952 e. The van der Waals surface area contributed by atoms with E-state index in [1.54, 1.807) is 0 Å². The molecule has 0 aromatic carbocycles. The van der Waals surface area contributed by atoms with Crippen LogP contribution in [-0.2, 0) is 0 Å². The lowest BCUT2D eigenvalue weighted by molar-refractivity contribution is 0.352. The topological polar surface area (TPSA) is 0 Å². The fourth-order valence-corrected chi connectivity index (χ4v) is 2.93. The standard InChI is InChI=1S/C19H30/c1-13(2)9-10-18-16(6)17(12-19(18,7)8)15(5)11-14(3)4/h9,12,14,18H,5-6,10-11H2,1-4,7-8H3. The Labute approximate surface area is 120 Å². The molecule has 0 saturated heterocycles. The molecule has 0 bridgehead atoms. The Morgan fingerprint density at radius 1 is 1.37 bits per heavy atom. The predicted octanol–water partition coefficient (Wildman–Crippen LogP) is 6.08. The number of rotatable bonds is 5. The van der Waals surface area contributed by atoms with E-state index in [0.29, 0.717) is 11.8 Å². The highest BCUT2D eigenvalue weighted by Crippen LogP contribution is 2.48. The van der Waals surface area contributed by atoms with Crippen molar-refractivity contribution in [1.82, 2.24) is 0 Å². The molecule has 0 radical (unpaired) electrons. The average Bonchev–Trinajstić information content (AvgIpc) is 2.46. The number of hydrogen-bond acceptors (Lipinski definition) is 0. The lowest BCUT2D eigenvalue weighted by Crippen LogP contribution is -2.17. The molecule has 0 amide bonds. The summed E-state index contributed by atoms with van der Waals surface area (Å²) in [5.74, 6) is 1.17. The molecule has 0 aliphatic heterocycles. The molecule has 1 atom stereocenters. The van der Waals surface area contributed by atoms with Crippen molar-refractivity contribution in [2.45, 2.75) is 54.4 Å². The van der Waals surface area contributed by atoms with Gasteiger partial charge >= 0.3 is 0 Å². The van der Waals surface area contributed by atoms with Crippen molar-refractivity contribution < 1.29 is 0 Å². The van der Waals surface area contributed by atoms with Crippen molar-refractivity contribution in [3.8, 4) is 0 Å². The van der Waals surface area contributed by atoms with Crippen LogP contribution in [0.4, 0.5) is 0 Å². The van der Waals surface area contributed by atoms with E-state index in [-0.39, 0.29) is 5.41 Å². The van der Waals surface area contributed by atoms with Crippen molar-refractivity contribution in [2.24, 2.45) is 17.3 Å². The van der Waals surface area contributed by atoms with Crippen LogP contribution in [0.15, 0.2) is 47.6 Å². The first-order chi connectivity index (χ1) is 8.65. The Balaban J connectivity index is 2.91. The van der Waals surface area contributed by atoms with Gasteiger partial charge in [-0.2, -0.15) is 0 Å². The highest BCUT2D eigenvalue weighted by atomic mass is 14.4. The van der Waals surface area contributed by atoms with Gasteiger partial charge in [0.25, 0.3) is 0 Å². The van der Waals surface area contributed by atoms with Crippen molar-refractivity contribution in [2.75, 3.05) is 0 Å². The van der Waals surface area contributed by atoms with Crippen LogP contribution in [-0.4, -0.2) is 0 Å². The first-order valence-electron chi connectivity index (χ1n) is 7.38. The van der Waals surface area contributed by atoms with E-state index in [4.69, 9.17) is 0 Å². The molecular formula is C19H30. The molecule has 1 aliphatic carbocycles. The highest BCUT2D eigenvalue weighted by Gasteiger charge is 2.37. The molecule has 0 nitrogen and oxygen atoms in total. The minimum absolute atomic E-state index is 0.193. The molecule has 0 N–H and O–H groups in total. The van der Waals surface area contributed by atoms with Gasteiger partial charge < -0.3 is 0 Å². The summed E-state index contributed by atoms with van der Waals surface area (Å²) in [4.78, 5) is 0. The molecule has 0 saturated carbocycles. The Kier molecular flexibility index (Phi) is 5.01. The van der Waals surface area contributed by atoms with Gasteiger partial charge in [-0.3, -0.25) is 0 Å². The molecule has 0 heteroatoms.